The lowest BCUT2D eigenvalue weighted by Crippen LogP contribution is -2.46. The maximum absolute atomic E-state index is 12.8. The molecule has 0 bridgehead atoms. The van der Waals surface area contributed by atoms with Gasteiger partial charge in [-0.3, -0.25) is 14.4 Å². The van der Waals surface area contributed by atoms with Gasteiger partial charge in [0.2, 0.25) is 11.8 Å². The van der Waals surface area contributed by atoms with Crippen molar-refractivity contribution in [2.75, 3.05) is 37.2 Å². The van der Waals surface area contributed by atoms with Gasteiger partial charge < -0.3 is 21.3 Å². The number of piperidine rings is 1. The Morgan fingerprint density at radius 3 is 2.96 bits per heavy atom. The van der Waals surface area contributed by atoms with Crippen LogP contribution in [0.15, 0.2) is 23.1 Å². The van der Waals surface area contributed by atoms with E-state index in [1.54, 1.807) is 17.0 Å². The fraction of sp³-hybridized carbons (Fsp3) is 0.471. The summed E-state index contributed by atoms with van der Waals surface area (Å²) in [4.78, 5) is 39.2. The van der Waals surface area contributed by atoms with Gasteiger partial charge in [0.25, 0.3) is 5.91 Å². The minimum atomic E-state index is -0.197. The van der Waals surface area contributed by atoms with Gasteiger partial charge >= 0.3 is 0 Å². The number of nitrogens with zero attached hydrogens (tertiary/aromatic N) is 1. The first-order valence-corrected chi connectivity index (χ1v) is 9.41. The van der Waals surface area contributed by atoms with Crippen molar-refractivity contribution in [3.63, 3.8) is 0 Å². The summed E-state index contributed by atoms with van der Waals surface area (Å²) in [6.07, 6.45) is 1.57. The van der Waals surface area contributed by atoms with Crippen LogP contribution in [-0.2, 0) is 9.59 Å². The van der Waals surface area contributed by atoms with Crippen LogP contribution in [0.4, 0.5) is 5.69 Å². The first-order chi connectivity index (χ1) is 12.1. The smallest absolute Gasteiger partial charge is 0.253 e. The fourth-order valence-corrected chi connectivity index (χ4v) is 3.90. The van der Waals surface area contributed by atoms with Gasteiger partial charge in [0.15, 0.2) is 0 Å². The van der Waals surface area contributed by atoms with Crippen molar-refractivity contribution in [1.29, 1.82) is 0 Å². The molecule has 142 valence electrons. The summed E-state index contributed by atoms with van der Waals surface area (Å²) < 4.78 is 0. The number of amides is 3. The van der Waals surface area contributed by atoms with E-state index in [1.807, 2.05) is 6.07 Å². The second-order valence-electron chi connectivity index (χ2n) is 6.22. The highest BCUT2D eigenvalue weighted by Gasteiger charge is 2.29. The minimum absolute atomic E-state index is 0. The van der Waals surface area contributed by atoms with E-state index in [0.717, 1.165) is 17.7 Å². The van der Waals surface area contributed by atoms with Gasteiger partial charge in [-0.2, -0.15) is 0 Å². The lowest BCUT2D eigenvalue weighted by molar-refractivity contribution is -0.126. The number of rotatable bonds is 4. The number of carbonyl (C=O) groups is 3. The Balaban J connectivity index is 0.00000243. The molecule has 1 unspecified atom stereocenters. The van der Waals surface area contributed by atoms with Crippen molar-refractivity contribution in [3.05, 3.63) is 23.8 Å². The molecular weight excluding hydrogens is 376 g/mol. The molecule has 0 radical (unpaired) electrons. The molecule has 0 saturated carbocycles. The van der Waals surface area contributed by atoms with Gasteiger partial charge in [0.05, 0.1) is 17.4 Å². The number of benzene rings is 1. The zero-order valence-electron chi connectivity index (χ0n) is 14.3. The summed E-state index contributed by atoms with van der Waals surface area (Å²) in [6.45, 7) is 1.90. The summed E-state index contributed by atoms with van der Waals surface area (Å²) in [5.74, 6) is -0.0127. The van der Waals surface area contributed by atoms with Crippen LogP contribution in [0.1, 0.15) is 23.2 Å². The normalized spacial score (nSPS) is 19.0. The van der Waals surface area contributed by atoms with Gasteiger partial charge in [-0.05, 0) is 31.0 Å². The maximum atomic E-state index is 12.8. The van der Waals surface area contributed by atoms with E-state index in [4.69, 9.17) is 5.73 Å². The Bertz CT molecular complexity index is 701. The number of hydrogen-bond donors (Lipinski definition) is 3. The highest BCUT2D eigenvalue weighted by Crippen LogP contribution is 2.32. The standard InChI is InChI=1S/C17H22N4O3S.ClH/c18-5-6-19-16(23)12-2-1-7-21(9-12)17(24)11-3-4-14-13(8-11)20-15(22)10-25-14;/h3-4,8,12H,1-2,5-7,9-10,18H2,(H,19,23)(H,20,22);1H. The Hall–Kier alpha value is -1.77. The van der Waals surface area contributed by atoms with Crippen LogP contribution in [-0.4, -0.2) is 54.6 Å². The third-order valence-electron chi connectivity index (χ3n) is 4.38. The Labute approximate surface area is 162 Å². The van der Waals surface area contributed by atoms with Crippen LogP contribution < -0.4 is 16.4 Å². The van der Waals surface area contributed by atoms with E-state index in [2.05, 4.69) is 10.6 Å². The van der Waals surface area contributed by atoms with Gasteiger partial charge in [0, 0.05) is 36.6 Å². The minimum Gasteiger partial charge on any atom is -0.355 e. The van der Waals surface area contributed by atoms with E-state index in [9.17, 15) is 14.4 Å². The lowest BCUT2D eigenvalue weighted by atomic mass is 9.96. The average molecular weight is 399 g/mol. The third-order valence-corrected chi connectivity index (χ3v) is 5.46. The quantitative estimate of drug-likeness (QED) is 0.704. The van der Waals surface area contributed by atoms with Crippen molar-refractivity contribution < 1.29 is 14.4 Å². The summed E-state index contributed by atoms with van der Waals surface area (Å²) in [7, 11) is 0. The molecule has 7 nitrogen and oxygen atoms in total. The zero-order chi connectivity index (χ0) is 17.8. The number of nitrogens with two attached hydrogens (primary N) is 1. The molecular formula is C17H23ClN4O3S. The molecule has 9 heteroatoms. The van der Waals surface area contributed by atoms with Crippen LogP contribution in [0, 0.1) is 5.92 Å². The molecule has 2 aliphatic rings. The van der Waals surface area contributed by atoms with Crippen LogP contribution in [0.5, 0.6) is 0 Å². The molecule has 1 fully saturated rings. The topological polar surface area (TPSA) is 105 Å². The second kappa shape index (κ2) is 9.25. The van der Waals surface area contributed by atoms with Gasteiger partial charge in [0.1, 0.15) is 0 Å². The van der Waals surface area contributed by atoms with E-state index >= 15 is 0 Å². The Kier molecular flexibility index (Phi) is 7.31. The van der Waals surface area contributed by atoms with Crippen molar-refractivity contribution in [2.45, 2.75) is 17.7 Å². The van der Waals surface area contributed by atoms with Crippen molar-refractivity contribution in [3.8, 4) is 0 Å². The average Bonchev–Trinajstić information content (AvgIpc) is 2.65. The molecule has 26 heavy (non-hydrogen) atoms. The predicted octanol–water partition coefficient (Wildman–Crippen LogP) is 1.08. The summed E-state index contributed by atoms with van der Waals surface area (Å²) in [6, 6.07) is 5.37. The van der Waals surface area contributed by atoms with Crippen molar-refractivity contribution in [1.82, 2.24) is 10.2 Å². The van der Waals surface area contributed by atoms with Crippen LogP contribution in [0.2, 0.25) is 0 Å². The number of hydrogen-bond acceptors (Lipinski definition) is 5. The number of likely N-dealkylation sites (tertiary alicyclic amines) is 1. The number of nitrogens with one attached hydrogen (secondary N) is 2. The van der Waals surface area contributed by atoms with Crippen LogP contribution in [0.25, 0.3) is 0 Å². The molecule has 2 heterocycles. The number of halogens is 1. The number of thioether (sulfide) groups is 1. The van der Waals surface area contributed by atoms with E-state index in [0.29, 0.717) is 43.2 Å². The van der Waals surface area contributed by atoms with Gasteiger partial charge in [-0.15, -0.1) is 24.2 Å². The highest BCUT2D eigenvalue weighted by atomic mass is 35.5. The fourth-order valence-electron chi connectivity index (χ4n) is 3.11. The van der Waals surface area contributed by atoms with E-state index in [1.165, 1.54) is 11.8 Å². The number of anilines is 1. The van der Waals surface area contributed by atoms with Gasteiger partial charge in [-0.25, -0.2) is 0 Å². The first-order valence-electron chi connectivity index (χ1n) is 8.42. The monoisotopic (exact) mass is 398 g/mol. The molecule has 4 N–H and O–H groups in total. The number of fused-ring (bicyclic) bond motifs is 1. The van der Waals surface area contributed by atoms with Crippen molar-refractivity contribution in [2.24, 2.45) is 11.7 Å². The summed E-state index contributed by atoms with van der Waals surface area (Å²) >= 11 is 1.46. The van der Waals surface area contributed by atoms with Crippen molar-refractivity contribution >= 4 is 47.6 Å². The molecule has 0 spiro atoms. The van der Waals surface area contributed by atoms with Gasteiger partial charge in [-0.1, -0.05) is 0 Å². The summed E-state index contributed by atoms with van der Waals surface area (Å²) in [5.41, 5.74) is 6.63. The van der Waals surface area contributed by atoms with E-state index in [-0.39, 0.29) is 36.0 Å². The Morgan fingerprint density at radius 1 is 1.38 bits per heavy atom. The van der Waals surface area contributed by atoms with E-state index < -0.39 is 0 Å². The third kappa shape index (κ3) is 4.69. The molecule has 1 aromatic rings. The molecule has 0 aliphatic carbocycles. The van der Waals surface area contributed by atoms with Crippen LogP contribution in [0.3, 0.4) is 0 Å². The second-order valence-corrected chi connectivity index (χ2v) is 7.23. The maximum Gasteiger partial charge on any atom is 0.253 e. The largest absolute Gasteiger partial charge is 0.355 e. The molecule has 1 aromatic carbocycles. The highest BCUT2D eigenvalue weighted by molar-refractivity contribution is 8.00. The molecule has 0 aromatic heterocycles. The lowest BCUT2D eigenvalue weighted by Gasteiger charge is -2.32. The first kappa shape index (κ1) is 20.5. The molecule has 2 aliphatic heterocycles. The zero-order valence-corrected chi connectivity index (χ0v) is 16.0. The Morgan fingerprint density at radius 2 is 2.19 bits per heavy atom. The molecule has 1 saturated heterocycles. The van der Waals surface area contributed by atoms with Crippen LogP contribution >= 0.6 is 24.2 Å². The SMILES string of the molecule is Cl.NCCNC(=O)C1CCCN(C(=O)c2ccc3c(c2)NC(=O)CS3)C1. The molecule has 1 atom stereocenters. The molecule has 3 rings (SSSR count). The summed E-state index contributed by atoms with van der Waals surface area (Å²) in [5, 5.41) is 5.60. The molecule has 3 amide bonds. The number of carbonyl (C=O) groups excluding carboxylic acids is 3. The predicted molar refractivity (Wildman–Crippen MR) is 104 cm³/mol.